The second kappa shape index (κ2) is 4.06. The van der Waals surface area contributed by atoms with Gasteiger partial charge in [-0.25, -0.2) is 0 Å². The summed E-state index contributed by atoms with van der Waals surface area (Å²) in [6.07, 6.45) is 0. The first-order valence-electron chi connectivity index (χ1n) is 3.66. The summed E-state index contributed by atoms with van der Waals surface area (Å²) >= 11 is 0. The Morgan fingerprint density at radius 1 is 0.909 bits per heavy atom. The molecule has 0 amide bonds. The van der Waals surface area contributed by atoms with E-state index in [0.717, 1.165) is 0 Å². The maximum Gasteiger partial charge on any atom is 0 e. The maximum atomic E-state index is 2.22. The average molecular weight is 230 g/mol. The van der Waals surface area contributed by atoms with Crippen LogP contribution in [-0.4, -0.2) is 0 Å². The van der Waals surface area contributed by atoms with E-state index in [0.29, 0.717) is 5.41 Å². The van der Waals surface area contributed by atoms with Crippen molar-refractivity contribution in [3.05, 3.63) is 35.9 Å². The molecule has 0 fully saturated rings. The molecule has 0 radical (unpaired) electrons. The summed E-state index contributed by atoms with van der Waals surface area (Å²) < 4.78 is 0. The fourth-order valence-corrected chi connectivity index (χ4v) is 0.938. The average Bonchev–Trinajstić information content (AvgIpc) is 1.88. The van der Waals surface area contributed by atoms with Gasteiger partial charge in [0.1, 0.15) is 0 Å². The van der Waals surface area contributed by atoms with E-state index in [1.54, 1.807) is 0 Å². The van der Waals surface area contributed by atoms with Crippen LogP contribution in [0.4, 0.5) is 0 Å². The van der Waals surface area contributed by atoms with Gasteiger partial charge < -0.3 is 0 Å². The standard InChI is InChI=1S/C10H14.Mo/c1-10(2,3)9-7-5-4-6-8-9;/h4-8H,1-3H3;. The Balaban J connectivity index is 0.000001000. The molecular formula is C10H14Mo. The van der Waals surface area contributed by atoms with E-state index in [2.05, 4.69) is 51.1 Å². The minimum atomic E-state index is 0. The smallest absolute Gasteiger partial charge is 0 e. The van der Waals surface area contributed by atoms with Crippen LogP contribution in [0.3, 0.4) is 0 Å². The fraction of sp³-hybridized carbons (Fsp3) is 0.400. The van der Waals surface area contributed by atoms with Gasteiger partial charge in [-0.05, 0) is 11.0 Å². The van der Waals surface area contributed by atoms with Crippen LogP contribution < -0.4 is 0 Å². The van der Waals surface area contributed by atoms with Gasteiger partial charge in [0, 0.05) is 21.1 Å². The van der Waals surface area contributed by atoms with Gasteiger partial charge in [-0.3, -0.25) is 0 Å². The Hall–Kier alpha value is -0.0917. The molecule has 0 unspecified atom stereocenters. The predicted molar refractivity (Wildman–Crippen MR) is 45.1 cm³/mol. The molecule has 60 valence electrons. The summed E-state index contributed by atoms with van der Waals surface area (Å²) in [5, 5.41) is 0. The SMILES string of the molecule is CC(C)(C)c1ccccc1.[Mo]. The molecule has 1 aromatic rings. The predicted octanol–water partition coefficient (Wildman–Crippen LogP) is 2.98. The van der Waals surface area contributed by atoms with Gasteiger partial charge in [-0.2, -0.15) is 0 Å². The van der Waals surface area contributed by atoms with Gasteiger partial charge in [-0.1, -0.05) is 51.1 Å². The van der Waals surface area contributed by atoms with Crippen molar-refractivity contribution in [1.29, 1.82) is 0 Å². The molecule has 1 heteroatoms. The topological polar surface area (TPSA) is 0 Å². The number of rotatable bonds is 0. The zero-order chi connectivity index (χ0) is 7.61. The normalized spacial score (nSPS) is 10.5. The Kier molecular flexibility index (Phi) is 4.03. The van der Waals surface area contributed by atoms with Crippen LogP contribution in [0.5, 0.6) is 0 Å². The summed E-state index contributed by atoms with van der Waals surface area (Å²) in [5.74, 6) is 0. The Morgan fingerprint density at radius 2 is 1.36 bits per heavy atom. The summed E-state index contributed by atoms with van der Waals surface area (Å²) in [6.45, 7) is 6.67. The zero-order valence-corrected chi connectivity index (χ0v) is 9.30. The first-order valence-corrected chi connectivity index (χ1v) is 3.66. The van der Waals surface area contributed by atoms with E-state index in [1.807, 2.05) is 0 Å². The molecule has 0 N–H and O–H groups in total. The minimum Gasteiger partial charge on any atom is -0.0622 e. The van der Waals surface area contributed by atoms with Gasteiger partial charge >= 0.3 is 0 Å². The molecule has 0 bridgehead atoms. The molecule has 0 aliphatic rings. The third-order valence-electron chi connectivity index (χ3n) is 1.64. The van der Waals surface area contributed by atoms with Crippen LogP contribution in [0.15, 0.2) is 30.3 Å². The van der Waals surface area contributed by atoms with Gasteiger partial charge in [-0.15, -0.1) is 0 Å². The molecule has 0 aliphatic heterocycles. The molecule has 0 aliphatic carbocycles. The van der Waals surface area contributed by atoms with E-state index in [9.17, 15) is 0 Å². The Labute approximate surface area is 83.3 Å². The summed E-state index contributed by atoms with van der Waals surface area (Å²) in [4.78, 5) is 0. The van der Waals surface area contributed by atoms with Crippen molar-refractivity contribution in [3.8, 4) is 0 Å². The van der Waals surface area contributed by atoms with E-state index in [1.165, 1.54) is 5.56 Å². The van der Waals surface area contributed by atoms with E-state index < -0.39 is 0 Å². The van der Waals surface area contributed by atoms with Gasteiger partial charge in [0.15, 0.2) is 0 Å². The van der Waals surface area contributed by atoms with Crippen molar-refractivity contribution >= 4 is 0 Å². The van der Waals surface area contributed by atoms with Crippen molar-refractivity contribution in [3.63, 3.8) is 0 Å². The molecule has 0 saturated carbocycles. The quantitative estimate of drug-likeness (QED) is 0.601. The molecule has 1 rings (SSSR count). The van der Waals surface area contributed by atoms with Crippen molar-refractivity contribution in [2.45, 2.75) is 26.2 Å². The second-order valence-electron chi connectivity index (χ2n) is 3.62. The van der Waals surface area contributed by atoms with Crippen LogP contribution in [-0.2, 0) is 26.5 Å². The molecule has 11 heavy (non-hydrogen) atoms. The second-order valence-corrected chi connectivity index (χ2v) is 3.62. The third-order valence-corrected chi connectivity index (χ3v) is 1.64. The van der Waals surface area contributed by atoms with Crippen LogP contribution in [0.25, 0.3) is 0 Å². The van der Waals surface area contributed by atoms with Crippen LogP contribution >= 0.6 is 0 Å². The molecule has 0 atom stereocenters. The Morgan fingerprint density at radius 3 is 1.64 bits per heavy atom. The van der Waals surface area contributed by atoms with Crippen LogP contribution in [0.1, 0.15) is 26.3 Å². The van der Waals surface area contributed by atoms with Crippen molar-refractivity contribution in [1.82, 2.24) is 0 Å². The van der Waals surface area contributed by atoms with Crippen molar-refractivity contribution in [2.75, 3.05) is 0 Å². The summed E-state index contributed by atoms with van der Waals surface area (Å²) in [7, 11) is 0. The summed E-state index contributed by atoms with van der Waals surface area (Å²) in [6, 6.07) is 10.6. The largest absolute Gasteiger partial charge is 0.0622 e. The molecular weight excluding hydrogens is 216 g/mol. The van der Waals surface area contributed by atoms with E-state index in [-0.39, 0.29) is 21.1 Å². The first kappa shape index (κ1) is 10.9. The number of hydrogen-bond donors (Lipinski definition) is 0. The van der Waals surface area contributed by atoms with Gasteiger partial charge in [0.2, 0.25) is 0 Å². The van der Waals surface area contributed by atoms with E-state index in [4.69, 9.17) is 0 Å². The molecule has 0 saturated heterocycles. The number of hydrogen-bond acceptors (Lipinski definition) is 0. The number of benzene rings is 1. The molecule has 0 nitrogen and oxygen atoms in total. The first-order chi connectivity index (χ1) is 4.61. The molecule has 0 heterocycles. The van der Waals surface area contributed by atoms with Gasteiger partial charge in [0.05, 0.1) is 0 Å². The Bertz CT molecular complexity index is 196. The summed E-state index contributed by atoms with van der Waals surface area (Å²) in [5.41, 5.74) is 1.69. The monoisotopic (exact) mass is 232 g/mol. The fourth-order valence-electron chi connectivity index (χ4n) is 0.938. The minimum absolute atomic E-state index is 0. The molecule has 0 aromatic heterocycles. The third kappa shape index (κ3) is 3.20. The van der Waals surface area contributed by atoms with Crippen molar-refractivity contribution in [2.24, 2.45) is 0 Å². The van der Waals surface area contributed by atoms with Crippen LogP contribution in [0, 0.1) is 0 Å². The van der Waals surface area contributed by atoms with Crippen LogP contribution in [0.2, 0.25) is 0 Å². The van der Waals surface area contributed by atoms with E-state index >= 15 is 0 Å². The van der Waals surface area contributed by atoms with Crippen molar-refractivity contribution < 1.29 is 21.1 Å². The molecule has 1 aromatic carbocycles. The maximum absolute atomic E-state index is 2.22. The van der Waals surface area contributed by atoms with Gasteiger partial charge in [0.25, 0.3) is 0 Å². The zero-order valence-electron chi connectivity index (χ0n) is 7.29. The molecule has 0 spiro atoms.